The number of rotatable bonds is 5. The van der Waals surface area contributed by atoms with Crippen LogP contribution in [0, 0.1) is 5.92 Å². The maximum Gasteiger partial charge on any atom is 0.277 e. The van der Waals surface area contributed by atoms with E-state index in [0.717, 1.165) is 19.3 Å². The lowest BCUT2D eigenvalue weighted by Gasteiger charge is -2.26. The van der Waals surface area contributed by atoms with Crippen molar-refractivity contribution in [2.75, 3.05) is 6.54 Å². The van der Waals surface area contributed by atoms with Gasteiger partial charge in [-0.2, -0.15) is 13.1 Å². The molecule has 1 aliphatic carbocycles. The summed E-state index contributed by atoms with van der Waals surface area (Å²) in [7, 11) is -3.38. The van der Waals surface area contributed by atoms with E-state index in [1.165, 1.54) is 0 Å². The first kappa shape index (κ1) is 13.9. The van der Waals surface area contributed by atoms with Gasteiger partial charge in [0.25, 0.3) is 10.2 Å². The lowest BCUT2D eigenvalue weighted by molar-refractivity contribution is 0.102. The van der Waals surface area contributed by atoms with Crippen LogP contribution in [0.25, 0.3) is 0 Å². The molecule has 96 valence electrons. The summed E-state index contributed by atoms with van der Waals surface area (Å²) < 4.78 is 28.0. The zero-order valence-corrected chi connectivity index (χ0v) is 10.8. The SMILES string of the molecule is CC(C)NS(=O)(=O)NCC1CCCC(O)C1. The van der Waals surface area contributed by atoms with Crippen molar-refractivity contribution in [3.8, 4) is 0 Å². The first-order chi connectivity index (χ1) is 7.39. The molecular weight excluding hydrogens is 228 g/mol. The van der Waals surface area contributed by atoms with Gasteiger partial charge >= 0.3 is 0 Å². The molecule has 1 fully saturated rings. The minimum atomic E-state index is -3.38. The lowest BCUT2D eigenvalue weighted by atomic mass is 9.87. The topological polar surface area (TPSA) is 78.4 Å². The van der Waals surface area contributed by atoms with Crippen molar-refractivity contribution in [3.63, 3.8) is 0 Å². The normalized spacial score (nSPS) is 27.2. The number of hydrogen-bond donors (Lipinski definition) is 3. The van der Waals surface area contributed by atoms with E-state index >= 15 is 0 Å². The Labute approximate surface area is 97.8 Å². The fourth-order valence-corrected chi connectivity index (χ4v) is 3.19. The van der Waals surface area contributed by atoms with Gasteiger partial charge in [-0.1, -0.05) is 6.42 Å². The highest BCUT2D eigenvalue weighted by Crippen LogP contribution is 2.23. The Morgan fingerprint density at radius 3 is 2.62 bits per heavy atom. The molecule has 0 aliphatic heterocycles. The Balaban J connectivity index is 2.33. The Morgan fingerprint density at radius 2 is 2.06 bits per heavy atom. The molecule has 5 nitrogen and oxygen atoms in total. The molecule has 0 heterocycles. The average molecular weight is 250 g/mol. The Bertz CT molecular complexity index is 303. The Morgan fingerprint density at radius 1 is 1.38 bits per heavy atom. The van der Waals surface area contributed by atoms with Gasteiger partial charge in [-0.25, -0.2) is 4.72 Å². The maximum absolute atomic E-state index is 11.5. The molecule has 16 heavy (non-hydrogen) atoms. The molecular formula is C10H22N2O3S. The van der Waals surface area contributed by atoms with E-state index in [1.807, 2.05) is 0 Å². The van der Waals surface area contributed by atoms with E-state index in [-0.39, 0.29) is 18.1 Å². The highest BCUT2D eigenvalue weighted by atomic mass is 32.2. The number of aliphatic hydroxyl groups excluding tert-OH is 1. The van der Waals surface area contributed by atoms with E-state index in [9.17, 15) is 13.5 Å². The van der Waals surface area contributed by atoms with Crippen molar-refractivity contribution in [2.24, 2.45) is 5.92 Å². The molecule has 0 bridgehead atoms. The third-order valence-electron chi connectivity index (χ3n) is 2.71. The van der Waals surface area contributed by atoms with Gasteiger partial charge in [-0.3, -0.25) is 0 Å². The second kappa shape index (κ2) is 5.95. The van der Waals surface area contributed by atoms with Gasteiger partial charge in [0.2, 0.25) is 0 Å². The first-order valence-corrected chi connectivity index (χ1v) is 7.32. The van der Waals surface area contributed by atoms with Crippen molar-refractivity contribution < 1.29 is 13.5 Å². The predicted octanol–water partition coefficient (Wildman–Crippen LogP) is 0.370. The van der Waals surface area contributed by atoms with E-state index < -0.39 is 10.2 Å². The van der Waals surface area contributed by atoms with Crippen LogP contribution in [-0.2, 0) is 10.2 Å². The summed E-state index contributed by atoms with van der Waals surface area (Å²) in [6.07, 6.45) is 3.24. The summed E-state index contributed by atoms with van der Waals surface area (Å²) in [5.74, 6) is 0.257. The number of aliphatic hydroxyl groups is 1. The minimum absolute atomic E-state index is 0.102. The molecule has 2 atom stereocenters. The fraction of sp³-hybridized carbons (Fsp3) is 1.00. The maximum atomic E-state index is 11.5. The van der Waals surface area contributed by atoms with Crippen LogP contribution in [0.3, 0.4) is 0 Å². The zero-order chi connectivity index (χ0) is 12.2. The summed E-state index contributed by atoms with van der Waals surface area (Å²) in [4.78, 5) is 0. The molecule has 0 aromatic heterocycles. The highest BCUT2D eigenvalue weighted by molar-refractivity contribution is 7.87. The molecule has 6 heteroatoms. The second-order valence-corrected chi connectivity index (χ2v) is 6.34. The van der Waals surface area contributed by atoms with E-state index in [0.29, 0.717) is 13.0 Å². The van der Waals surface area contributed by atoms with Crippen molar-refractivity contribution in [3.05, 3.63) is 0 Å². The third kappa shape index (κ3) is 5.25. The van der Waals surface area contributed by atoms with Crippen LogP contribution in [-0.4, -0.2) is 32.2 Å². The second-order valence-electron chi connectivity index (χ2n) is 4.81. The molecule has 2 unspecified atom stereocenters. The Kier molecular flexibility index (Phi) is 5.17. The molecule has 1 saturated carbocycles. The number of hydrogen-bond acceptors (Lipinski definition) is 3. The van der Waals surface area contributed by atoms with Gasteiger partial charge in [0.1, 0.15) is 0 Å². The van der Waals surface area contributed by atoms with Crippen LogP contribution in [0.2, 0.25) is 0 Å². The van der Waals surface area contributed by atoms with Crippen LogP contribution in [0.5, 0.6) is 0 Å². The van der Waals surface area contributed by atoms with Gasteiger partial charge in [0.05, 0.1) is 6.10 Å². The van der Waals surface area contributed by atoms with Gasteiger partial charge < -0.3 is 5.11 Å². The van der Waals surface area contributed by atoms with Gasteiger partial charge in [-0.15, -0.1) is 0 Å². The molecule has 0 radical (unpaired) electrons. The zero-order valence-electron chi connectivity index (χ0n) is 9.94. The molecule has 0 aromatic carbocycles. The highest BCUT2D eigenvalue weighted by Gasteiger charge is 2.21. The van der Waals surface area contributed by atoms with Crippen LogP contribution < -0.4 is 9.44 Å². The van der Waals surface area contributed by atoms with Crippen molar-refractivity contribution >= 4 is 10.2 Å². The van der Waals surface area contributed by atoms with Crippen molar-refractivity contribution in [1.82, 2.24) is 9.44 Å². The molecule has 0 amide bonds. The van der Waals surface area contributed by atoms with Gasteiger partial charge in [0, 0.05) is 12.6 Å². The van der Waals surface area contributed by atoms with Crippen molar-refractivity contribution in [1.29, 1.82) is 0 Å². The van der Waals surface area contributed by atoms with Crippen LogP contribution >= 0.6 is 0 Å². The van der Waals surface area contributed by atoms with Crippen molar-refractivity contribution in [2.45, 2.75) is 51.7 Å². The summed E-state index contributed by atoms with van der Waals surface area (Å²) in [5.41, 5.74) is 0. The average Bonchev–Trinajstić information content (AvgIpc) is 2.13. The summed E-state index contributed by atoms with van der Waals surface area (Å²) in [6, 6.07) is -0.102. The molecule has 0 aromatic rings. The summed E-state index contributed by atoms with van der Waals surface area (Å²) in [6.45, 7) is 3.98. The van der Waals surface area contributed by atoms with Crippen LogP contribution in [0.4, 0.5) is 0 Å². The molecule has 0 saturated heterocycles. The predicted molar refractivity (Wildman–Crippen MR) is 63.2 cm³/mol. The third-order valence-corrected chi connectivity index (χ3v) is 4.04. The molecule has 1 aliphatic rings. The lowest BCUT2D eigenvalue weighted by Crippen LogP contribution is -2.42. The molecule has 1 rings (SSSR count). The standard InChI is InChI=1S/C10H22N2O3S/c1-8(2)12-16(14,15)11-7-9-4-3-5-10(13)6-9/h8-13H,3-7H2,1-2H3. The van der Waals surface area contributed by atoms with E-state index in [4.69, 9.17) is 0 Å². The Hall–Kier alpha value is -0.170. The van der Waals surface area contributed by atoms with Gasteiger partial charge in [0.15, 0.2) is 0 Å². The molecule has 0 spiro atoms. The minimum Gasteiger partial charge on any atom is -0.393 e. The summed E-state index contributed by atoms with van der Waals surface area (Å²) >= 11 is 0. The van der Waals surface area contributed by atoms with Crippen LogP contribution in [0.1, 0.15) is 39.5 Å². The monoisotopic (exact) mass is 250 g/mol. The first-order valence-electron chi connectivity index (χ1n) is 5.84. The largest absolute Gasteiger partial charge is 0.393 e. The van der Waals surface area contributed by atoms with E-state index in [2.05, 4.69) is 9.44 Å². The number of nitrogens with one attached hydrogen (secondary N) is 2. The quantitative estimate of drug-likeness (QED) is 0.659. The van der Waals surface area contributed by atoms with Gasteiger partial charge in [-0.05, 0) is 39.0 Å². The van der Waals surface area contributed by atoms with Crippen LogP contribution in [0.15, 0.2) is 0 Å². The smallest absolute Gasteiger partial charge is 0.277 e. The fourth-order valence-electron chi connectivity index (χ4n) is 2.03. The molecule has 3 N–H and O–H groups in total. The summed E-state index contributed by atoms with van der Waals surface area (Å²) in [5, 5.41) is 9.46. The van der Waals surface area contributed by atoms with E-state index in [1.54, 1.807) is 13.8 Å².